The van der Waals surface area contributed by atoms with Crippen LogP contribution >= 0.6 is 0 Å². The lowest BCUT2D eigenvalue weighted by Crippen LogP contribution is -2.18. The molecule has 0 aliphatic carbocycles. The van der Waals surface area contributed by atoms with Crippen molar-refractivity contribution in [3.8, 4) is 17.7 Å². The second kappa shape index (κ2) is 5.97. The summed E-state index contributed by atoms with van der Waals surface area (Å²) in [6.45, 7) is -1.46. The van der Waals surface area contributed by atoms with Crippen LogP contribution in [0.1, 0.15) is 11.4 Å². The molecule has 0 radical (unpaired) electrons. The molecule has 2 rings (SSSR count). The van der Waals surface area contributed by atoms with Gasteiger partial charge in [-0.05, 0) is 6.07 Å². The number of aromatic nitrogens is 3. The molecule has 2 aromatic rings. The van der Waals surface area contributed by atoms with Crippen LogP contribution in [0, 0.1) is 11.3 Å². The number of ether oxygens (including phenoxy) is 1. The number of rotatable bonds is 5. The lowest BCUT2D eigenvalue weighted by Gasteiger charge is -2.05. The van der Waals surface area contributed by atoms with Gasteiger partial charge in [0.25, 0.3) is 5.89 Å². The molecule has 21 heavy (non-hydrogen) atoms. The molecule has 0 aliphatic rings. The standard InChI is InChI=1S/C12H11F3N4O2/c1-19-6-8(5-16)4-9(19)11-17-10(18-21-11)2-3-20-7-12(13,14)15/h4,6H,2-3,7H2,1H3. The predicted molar refractivity (Wildman–Crippen MR) is 64.0 cm³/mol. The van der Waals surface area contributed by atoms with Crippen LogP contribution in [0.2, 0.25) is 0 Å². The monoisotopic (exact) mass is 300 g/mol. The molecule has 0 spiro atoms. The number of nitriles is 1. The summed E-state index contributed by atoms with van der Waals surface area (Å²) in [5, 5.41) is 12.5. The molecule has 0 N–H and O–H groups in total. The van der Waals surface area contributed by atoms with Crippen molar-refractivity contribution in [2.45, 2.75) is 12.6 Å². The molecule has 0 unspecified atom stereocenters. The van der Waals surface area contributed by atoms with Crippen LogP contribution in [0.4, 0.5) is 13.2 Å². The van der Waals surface area contributed by atoms with Crippen molar-refractivity contribution in [3.63, 3.8) is 0 Å². The lowest BCUT2D eigenvalue weighted by molar-refractivity contribution is -0.173. The van der Waals surface area contributed by atoms with Crippen LogP contribution in [0.25, 0.3) is 11.6 Å². The molecule has 9 heteroatoms. The highest BCUT2D eigenvalue weighted by Crippen LogP contribution is 2.19. The zero-order chi connectivity index (χ0) is 15.5. The zero-order valence-corrected chi connectivity index (χ0v) is 11.0. The Kier molecular flexibility index (Phi) is 4.28. The number of alkyl halides is 3. The van der Waals surface area contributed by atoms with E-state index in [2.05, 4.69) is 14.9 Å². The highest BCUT2D eigenvalue weighted by atomic mass is 19.4. The van der Waals surface area contributed by atoms with Crippen LogP contribution in [0.3, 0.4) is 0 Å². The summed E-state index contributed by atoms with van der Waals surface area (Å²) in [7, 11) is 1.71. The van der Waals surface area contributed by atoms with Gasteiger partial charge < -0.3 is 13.8 Å². The van der Waals surface area contributed by atoms with E-state index in [1.54, 1.807) is 23.9 Å². The van der Waals surface area contributed by atoms with Gasteiger partial charge in [0.15, 0.2) is 5.82 Å². The molecule has 0 saturated heterocycles. The summed E-state index contributed by atoms with van der Waals surface area (Å²) in [6.07, 6.45) is -2.64. The summed E-state index contributed by atoms with van der Waals surface area (Å²) >= 11 is 0. The Morgan fingerprint density at radius 2 is 2.24 bits per heavy atom. The quantitative estimate of drug-likeness (QED) is 0.790. The largest absolute Gasteiger partial charge is 0.411 e. The van der Waals surface area contributed by atoms with E-state index in [-0.39, 0.29) is 24.7 Å². The Bertz CT molecular complexity index is 654. The van der Waals surface area contributed by atoms with Crippen molar-refractivity contribution in [1.29, 1.82) is 5.26 Å². The van der Waals surface area contributed by atoms with E-state index in [4.69, 9.17) is 9.78 Å². The number of aryl methyl sites for hydroxylation is 1. The van der Waals surface area contributed by atoms with Gasteiger partial charge in [-0.25, -0.2) is 0 Å². The fourth-order valence-electron chi connectivity index (χ4n) is 1.65. The average Bonchev–Trinajstić information content (AvgIpc) is 2.99. The first kappa shape index (κ1) is 15.1. The van der Waals surface area contributed by atoms with E-state index in [0.717, 1.165) is 0 Å². The Labute approximate surface area is 117 Å². The number of hydrogen-bond donors (Lipinski definition) is 0. The molecule has 0 saturated carbocycles. The minimum atomic E-state index is -4.35. The van der Waals surface area contributed by atoms with Crippen LogP contribution in [0.15, 0.2) is 16.8 Å². The van der Waals surface area contributed by atoms with E-state index in [0.29, 0.717) is 11.3 Å². The van der Waals surface area contributed by atoms with E-state index >= 15 is 0 Å². The van der Waals surface area contributed by atoms with E-state index in [9.17, 15) is 13.2 Å². The minimum absolute atomic E-state index is 0.106. The van der Waals surface area contributed by atoms with Gasteiger partial charge in [-0.15, -0.1) is 0 Å². The first-order chi connectivity index (χ1) is 9.89. The average molecular weight is 300 g/mol. The SMILES string of the molecule is Cn1cc(C#N)cc1-c1nc(CCOCC(F)(F)F)no1. The van der Waals surface area contributed by atoms with Crippen molar-refractivity contribution in [2.75, 3.05) is 13.2 Å². The molecule has 112 valence electrons. The fourth-order valence-corrected chi connectivity index (χ4v) is 1.65. The Morgan fingerprint density at radius 3 is 2.86 bits per heavy atom. The Balaban J connectivity index is 1.95. The predicted octanol–water partition coefficient (Wildman–Crippen LogP) is 2.07. The Morgan fingerprint density at radius 1 is 1.48 bits per heavy atom. The van der Waals surface area contributed by atoms with Gasteiger partial charge in [0, 0.05) is 19.7 Å². The molecular formula is C12H11F3N4O2. The van der Waals surface area contributed by atoms with Gasteiger partial charge in [0.1, 0.15) is 18.4 Å². The van der Waals surface area contributed by atoms with Gasteiger partial charge in [-0.3, -0.25) is 0 Å². The maximum absolute atomic E-state index is 11.9. The van der Waals surface area contributed by atoms with Crippen molar-refractivity contribution in [2.24, 2.45) is 7.05 Å². The van der Waals surface area contributed by atoms with Crippen molar-refractivity contribution in [3.05, 3.63) is 23.7 Å². The highest BCUT2D eigenvalue weighted by molar-refractivity contribution is 5.52. The van der Waals surface area contributed by atoms with Crippen LogP contribution in [-0.4, -0.2) is 34.1 Å². The number of halogens is 3. The maximum Gasteiger partial charge on any atom is 0.411 e. The minimum Gasteiger partial charge on any atom is -0.372 e. The van der Waals surface area contributed by atoms with Crippen molar-refractivity contribution < 1.29 is 22.4 Å². The van der Waals surface area contributed by atoms with Crippen molar-refractivity contribution in [1.82, 2.24) is 14.7 Å². The van der Waals surface area contributed by atoms with Crippen LogP contribution in [0.5, 0.6) is 0 Å². The van der Waals surface area contributed by atoms with Crippen molar-refractivity contribution >= 4 is 0 Å². The lowest BCUT2D eigenvalue weighted by atomic mass is 10.3. The first-order valence-electron chi connectivity index (χ1n) is 5.93. The zero-order valence-electron chi connectivity index (χ0n) is 11.0. The third-order valence-electron chi connectivity index (χ3n) is 2.56. The third-order valence-corrected chi connectivity index (χ3v) is 2.56. The summed E-state index contributed by atoms with van der Waals surface area (Å²) in [4.78, 5) is 4.05. The van der Waals surface area contributed by atoms with E-state index in [1.807, 2.05) is 6.07 Å². The molecule has 0 aliphatic heterocycles. The first-order valence-corrected chi connectivity index (χ1v) is 5.93. The molecule has 0 aromatic carbocycles. The summed E-state index contributed by atoms with van der Waals surface area (Å²) in [5.74, 6) is 0.441. The summed E-state index contributed by atoms with van der Waals surface area (Å²) in [6, 6.07) is 3.56. The second-order valence-corrected chi connectivity index (χ2v) is 4.27. The molecular weight excluding hydrogens is 289 g/mol. The maximum atomic E-state index is 11.9. The van der Waals surface area contributed by atoms with Crippen LogP contribution < -0.4 is 0 Å². The van der Waals surface area contributed by atoms with Gasteiger partial charge in [0.2, 0.25) is 0 Å². The smallest absolute Gasteiger partial charge is 0.372 e. The molecule has 2 heterocycles. The molecule has 2 aromatic heterocycles. The third kappa shape index (κ3) is 4.06. The molecule has 0 atom stereocenters. The summed E-state index contributed by atoms with van der Waals surface area (Å²) < 4.78 is 46.8. The van der Waals surface area contributed by atoms with Gasteiger partial charge in [0.05, 0.1) is 12.2 Å². The summed E-state index contributed by atoms with van der Waals surface area (Å²) in [5.41, 5.74) is 1.00. The molecule has 6 nitrogen and oxygen atoms in total. The molecule has 0 bridgehead atoms. The highest BCUT2D eigenvalue weighted by Gasteiger charge is 2.27. The van der Waals surface area contributed by atoms with Gasteiger partial charge in [-0.2, -0.15) is 23.4 Å². The van der Waals surface area contributed by atoms with E-state index < -0.39 is 12.8 Å². The van der Waals surface area contributed by atoms with Crippen LogP contribution in [-0.2, 0) is 18.2 Å². The van der Waals surface area contributed by atoms with Gasteiger partial charge >= 0.3 is 6.18 Å². The van der Waals surface area contributed by atoms with Gasteiger partial charge in [-0.1, -0.05) is 5.16 Å². The molecule has 0 amide bonds. The second-order valence-electron chi connectivity index (χ2n) is 4.27. The normalized spacial score (nSPS) is 11.6. The fraction of sp³-hybridized carbons (Fsp3) is 0.417. The Hall–Kier alpha value is -2.34. The van der Waals surface area contributed by atoms with E-state index in [1.165, 1.54) is 0 Å². The number of nitrogens with zero attached hydrogens (tertiary/aromatic N) is 4. The number of hydrogen-bond acceptors (Lipinski definition) is 5. The topological polar surface area (TPSA) is 76.9 Å². The molecule has 0 fully saturated rings.